The van der Waals surface area contributed by atoms with Gasteiger partial charge in [0.15, 0.2) is 6.61 Å². The first kappa shape index (κ1) is 17.6. The van der Waals surface area contributed by atoms with Crippen molar-refractivity contribution in [2.24, 2.45) is 0 Å². The van der Waals surface area contributed by atoms with Gasteiger partial charge in [-0.15, -0.1) is 0 Å². The number of hydrogen-bond acceptors (Lipinski definition) is 2. The van der Waals surface area contributed by atoms with Gasteiger partial charge in [0.2, 0.25) is 0 Å². The van der Waals surface area contributed by atoms with Gasteiger partial charge in [-0.2, -0.15) is 0 Å². The molecule has 2 aromatic carbocycles. The van der Waals surface area contributed by atoms with Crippen molar-refractivity contribution in [3.05, 3.63) is 63.6 Å². The number of hydrogen-bond donors (Lipinski definition) is 1. The van der Waals surface area contributed by atoms with Crippen molar-refractivity contribution < 1.29 is 9.53 Å². The maximum atomic E-state index is 11.7. The molecule has 23 heavy (non-hydrogen) atoms. The predicted molar refractivity (Wildman–Crippen MR) is 94.5 cm³/mol. The minimum Gasteiger partial charge on any atom is -0.484 e. The van der Waals surface area contributed by atoms with Crippen LogP contribution in [-0.4, -0.2) is 19.1 Å². The summed E-state index contributed by atoms with van der Waals surface area (Å²) in [5, 5.41) is 4.26. The molecule has 0 spiro atoms. The second-order valence-corrected chi connectivity index (χ2v) is 6.12. The molecule has 0 radical (unpaired) electrons. The van der Waals surface area contributed by atoms with Crippen LogP contribution >= 0.6 is 23.2 Å². The van der Waals surface area contributed by atoms with Crippen LogP contribution in [0.15, 0.2) is 42.5 Å². The highest BCUT2D eigenvalue weighted by Gasteiger charge is 2.04. The lowest BCUT2D eigenvalue weighted by molar-refractivity contribution is -0.123. The number of halogens is 2. The Balaban J connectivity index is 1.65. The third kappa shape index (κ3) is 6.12. The smallest absolute Gasteiger partial charge is 0.257 e. The Bertz CT molecular complexity index is 657. The average Bonchev–Trinajstić information content (AvgIpc) is 2.54. The summed E-state index contributed by atoms with van der Waals surface area (Å²) in [6, 6.07) is 13.1. The van der Waals surface area contributed by atoms with Crippen molar-refractivity contribution in [3.8, 4) is 5.75 Å². The molecule has 0 bridgehead atoms. The van der Waals surface area contributed by atoms with E-state index >= 15 is 0 Å². The zero-order valence-electron chi connectivity index (χ0n) is 12.9. The molecule has 0 atom stereocenters. The van der Waals surface area contributed by atoms with Crippen molar-refractivity contribution >= 4 is 29.1 Å². The largest absolute Gasteiger partial charge is 0.484 e. The summed E-state index contributed by atoms with van der Waals surface area (Å²) in [5.74, 6) is 0.511. The van der Waals surface area contributed by atoms with E-state index < -0.39 is 0 Å². The first-order valence-electron chi connectivity index (χ1n) is 7.44. The topological polar surface area (TPSA) is 38.3 Å². The summed E-state index contributed by atoms with van der Waals surface area (Å²) < 4.78 is 5.45. The van der Waals surface area contributed by atoms with Gasteiger partial charge in [-0.3, -0.25) is 4.79 Å². The van der Waals surface area contributed by atoms with Crippen molar-refractivity contribution in [1.82, 2.24) is 5.32 Å². The third-order valence-electron chi connectivity index (χ3n) is 3.38. The lowest BCUT2D eigenvalue weighted by Gasteiger charge is -2.08. The molecule has 122 valence electrons. The molecule has 0 aliphatic heterocycles. The Morgan fingerprint density at radius 3 is 2.57 bits per heavy atom. The zero-order valence-corrected chi connectivity index (χ0v) is 14.5. The summed E-state index contributed by atoms with van der Waals surface area (Å²) in [6.07, 6.45) is 1.77. The second kappa shape index (κ2) is 8.80. The Morgan fingerprint density at radius 2 is 1.87 bits per heavy atom. The molecule has 2 rings (SSSR count). The van der Waals surface area contributed by atoms with Gasteiger partial charge in [0, 0.05) is 16.6 Å². The fourth-order valence-electron chi connectivity index (χ4n) is 2.08. The van der Waals surface area contributed by atoms with Gasteiger partial charge in [-0.25, -0.2) is 0 Å². The van der Waals surface area contributed by atoms with E-state index in [0.717, 1.165) is 23.4 Å². The molecule has 0 heterocycles. The molecule has 0 fully saturated rings. The van der Waals surface area contributed by atoms with E-state index in [9.17, 15) is 4.79 Å². The zero-order chi connectivity index (χ0) is 16.7. The number of carbonyl (C=O) groups is 1. The maximum Gasteiger partial charge on any atom is 0.257 e. The highest BCUT2D eigenvalue weighted by Crippen LogP contribution is 2.20. The number of carbonyl (C=O) groups excluding carboxylic acids is 1. The van der Waals surface area contributed by atoms with E-state index in [1.165, 1.54) is 5.56 Å². The van der Waals surface area contributed by atoms with Crippen LogP contribution in [-0.2, 0) is 11.2 Å². The van der Waals surface area contributed by atoms with Crippen LogP contribution in [0.4, 0.5) is 0 Å². The molecular weight excluding hydrogens is 333 g/mol. The van der Waals surface area contributed by atoms with Crippen LogP contribution in [0.5, 0.6) is 5.75 Å². The number of benzene rings is 2. The number of nitrogens with one attached hydrogen (secondary N) is 1. The summed E-state index contributed by atoms with van der Waals surface area (Å²) in [7, 11) is 0. The molecule has 0 aromatic heterocycles. The van der Waals surface area contributed by atoms with Crippen LogP contribution in [0.2, 0.25) is 10.0 Å². The molecule has 0 saturated heterocycles. The first-order chi connectivity index (χ1) is 11.0. The van der Waals surface area contributed by atoms with Crippen molar-refractivity contribution in [3.63, 3.8) is 0 Å². The van der Waals surface area contributed by atoms with E-state index in [1.54, 1.807) is 12.1 Å². The molecule has 0 unspecified atom stereocenters. The molecule has 0 aliphatic carbocycles. The summed E-state index contributed by atoms with van der Waals surface area (Å²) in [6.45, 7) is 2.51. The van der Waals surface area contributed by atoms with E-state index in [0.29, 0.717) is 17.3 Å². The van der Waals surface area contributed by atoms with Crippen LogP contribution in [0.25, 0.3) is 0 Å². The molecular formula is C18H19Cl2NO2. The molecule has 2 aromatic rings. The van der Waals surface area contributed by atoms with Gasteiger partial charge in [-0.1, -0.05) is 35.3 Å². The Hall–Kier alpha value is -1.71. The van der Waals surface area contributed by atoms with Gasteiger partial charge < -0.3 is 10.1 Å². The minimum atomic E-state index is -0.131. The Labute approximate surface area is 146 Å². The van der Waals surface area contributed by atoms with E-state index in [2.05, 4.69) is 5.32 Å². The highest BCUT2D eigenvalue weighted by atomic mass is 35.5. The lowest BCUT2D eigenvalue weighted by atomic mass is 10.1. The van der Waals surface area contributed by atoms with Crippen molar-refractivity contribution in [1.29, 1.82) is 0 Å². The van der Waals surface area contributed by atoms with Gasteiger partial charge in [-0.05, 0) is 61.2 Å². The number of rotatable bonds is 7. The summed E-state index contributed by atoms with van der Waals surface area (Å²) >= 11 is 11.8. The fourth-order valence-corrected chi connectivity index (χ4v) is 2.32. The van der Waals surface area contributed by atoms with E-state index in [4.69, 9.17) is 27.9 Å². The van der Waals surface area contributed by atoms with Crippen LogP contribution < -0.4 is 10.1 Å². The third-order valence-corrected chi connectivity index (χ3v) is 4.05. The summed E-state index contributed by atoms with van der Waals surface area (Å²) in [4.78, 5) is 11.7. The van der Waals surface area contributed by atoms with Crippen LogP contribution in [0.3, 0.4) is 0 Å². The monoisotopic (exact) mass is 351 g/mol. The highest BCUT2D eigenvalue weighted by molar-refractivity contribution is 6.31. The van der Waals surface area contributed by atoms with Gasteiger partial charge in [0.25, 0.3) is 5.91 Å². The number of ether oxygens (including phenoxy) is 1. The van der Waals surface area contributed by atoms with Crippen molar-refractivity contribution in [2.45, 2.75) is 19.8 Å². The van der Waals surface area contributed by atoms with Gasteiger partial charge >= 0.3 is 0 Å². The Morgan fingerprint density at radius 1 is 1.13 bits per heavy atom. The average molecular weight is 352 g/mol. The predicted octanol–water partition coefficient (Wildman–Crippen LogP) is 4.43. The fraction of sp³-hybridized carbons (Fsp3) is 0.278. The van der Waals surface area contributed by atoms with E-state index in [-0.39, 0.29) is 12.5 Å². The molecule has 1 amide bonds. The molecule has 5 heteroatoms. The minimum absolute atomic E-state index is 0.00200. The second-order valence-electron chi connectivity index (χ2n) is 5.28. The SMILES string of the molecule is Cc1cc(OCC(=O)NCCCc2ccc(Cl)cc2)ccc1Cl. The van der Waals surface area contributed by atoms with Gasteiger partial charge in [0.05, 0.1) is 0 Å². The Kier molecular flexibility index (Phi) is 6.75. The van der Waals surface area contributed by atoms with Crippen LogP contribution in [0, 0.1) is 6.92 Å². The maximum absolute atomic E-state index is 11.7. The molecule has 0 aliphatic rings. The summed E-state index contributed by atoms with van der Waals surface area (Å²) in [5.41, 5.74) is 2.13. The lowest BCUT2D eigenvalue weighted by Crippen LogP contribution is -2.29. The quantitative estimate of drug-likeness (QED) is 0.749. The van der Waals surface area contributed by atoms with Gasteiger partial charge in [0.1, 0.15) is 5.75 Å². The normalized spacial score (nSPS) is 10.4. The number of aryl methyl sites for hydroxylation is 2. The van der Waals surface area contributed by atoms with Crippen molar-refractivity contribution in [2.75, 3.05) is 13.2 Å². The molecule has 3 nitrogen and oxygen atoms in total. The molecule has 1 N–H and O–H groups in total. The van der Waals surface area contributed by atoms with E-state index in [1.807, 2.05) is 37.3 Å². The standard InChI is InChI=1S/C18H19Cl2NO2/c1-13-11-16(8-9-17(13)20)23-12-18(22)21-10-2-3-14-4-6-15(19)7-5-14/h4-9,11H,2-3,10,12H2,1H3,(H,21,22). The molecule has 0 saturated carbocycles. The number of amides is 1. The van der Waals surface area contributed by atoms with Crippen LogP contribution in [0.1, 0.15) is 17.5 Å². The first-order valence-corrected chi connectivity index (χ1v) is 8.20.